The van der Waals surface area contributed by atoms with Crippen molar-refractivity contribution in [2.75, 3.05) is 11.9 Å². The Hall–Kier alpha value is -1.09. The van der Waals surface area contributed by atoms with Gasteiger partial charge in [-0.3, -0.25) is 0 Å². The molecule has 2 rings (SSSR count). The first-order chi connectivity index (χ1) is 7.88. The summed E-state index contributed by atoms with van der Waals surface area (Å²) in [6.07, 6.45) is 5.52. The summed E-state index contributed by atoms with van der Waals surface area (Å²) in [5.41, 5.74) is 1.02. The second-order valence-electron chi connectivity index (χ2n) is 4.26. The van der Waals surface area contributed by atoms with Gasteiger partial charge in [0.25, 0.3) is 0 Å². The molecule has 0 unspecified atom stereocenters. The molecule has 1 heterocycles. The zero-order chi connectivity index (χ0) is 11.2. The summed E-state index contributed by atoms with van der Waals surface area (Å²) < 4.78 is 5.83. The van der Waals surface area contributed by atoms with Crippen molar-refractivity contribution in [3.05, 3.63) is 23.9 Å². The van der Waals surface area contributed by atoms with Crippen LogP contribution in [0.2, 0.25) is 0 Å². The Morgan fingerprint density at radius 2 is 2.19 bits per heavy atom. The highest BCUT2D eigenvalue weighted by Gasteiger charge is 2.15. The van der Waals surface area contributed by atoms with E-state index in [9.17, 15) is 0 Å². The van der Waals surface area contributed by atoms with Gasteiger partial charge in [0.15, 0.2) is 0 Å². The van der Waals surface area contributed by atoms with Gasteiger partial charge < -0.3 is 10.1 Å². The van der Waals surface area contributed by atoms with Crippen LogP contribution in [0.4, 0.5) is 5.82 Å². The lowest BCUT2D eigenvalue weighted by Gasteiger charge is -2.11. The number of ether oxygens (including phenoxy) is 1. The van der Waals surface area contributed by atoms with E-state index in [1.165, 1.54) is 25.7 Å². The summed E-state index contributed by atoms with van der Waals surface area (Å²) in [6.45, 7) is 3.62. The Labute approximate surface area is 97.2 Å². The third kappa shape index (κ3) is 3.20. The van der Waals surface area contributed by atoms with Crippen LogP contribution in [0.5, 0.6) is 0 Å². The second-order valence-corrected chi connectivity index (χ2v) is 4.26. The van der Waals surface area contributed by atoms with Crippen molar-refractivity contribution in [1.29, 1.82) is 0 Å². The molecule has 0 radical (unpaired) electrons. The quantitative estimate of drug-likeness (QED) is 0.828. The van der Waals surface area contributed by atoms with Crippen LogP contribution in [0.3, 0.4) is 0 Å². The van der Waals surface area contributed by atoms with Crippen molar-refractivity contribution in [3.63, 3.8) is 0 Å². The van der Waals surface area contributed by atoms with E-state index in [1.807, 2.05) is 18.2 Å². The van der Waals surface area contributed by atoms with Crippen LogP contribution < -0.4 is 5.32 Å². The molecule has 3 nitrogen and oxygen atoms in total. The minimum absolute atomic E-state index is 0.463. The molecule has 0 spiro atoms. The van der Waals surface area contributed by atoms with E-state index >= 15 is 0 Å². The van der Waals surface area contributed by atoms with Crippen LogP contribution in [-0.4, -0.2) is 17.6 Å². The fraction of sp³-hybridized carbons (Fsp3) is 0.615. The molecule has 1 N–H and O–H groups in total. The number of nitrogens with zero attached hydrogens (tertiary/aromatic N) is 1. The molecule has 1 fully saturated rings. The first-order valence-corrected chi connectivity index (χ1v) is 6.20. The highest BCUT2D eigenvalue weighted by atomic mass is 16.5. The van der Waals surface area contributed by atoms with E-state index < -0.39 is 0 Å². The van der Waals surface area contributed by atoms with Crippen molar-refractivity contribution in [3.8, 4) is 0 Å². The molecular weight excluding hydrogens is 200 g/mol. The molecule has 1 aliphatic carbocycles. The Balaban J connectivity index is 1.85. The molecule has 0 bridgehead atoms. The summed E-state index contributed by atoms with van der Waals surface area (Å²) in [5, 5.41) is 3.21. The molecule has 0 aromatic carbocycles. The van der Waals surface area contributed by atoms with Gasteiger partial charge in [-0.15, -0.1) is 0 Å². The number of pyridine rings is 1. The molecule has 0 aliphatic heterocycles. The van der Waals surface area contributed by atoms with E-state index in [2.05, 4.69) is 17.2 Å². The van der Waals surface area contributed by atoms with Gasteiger partial charge >= 0.3 is 0 Å². The third-order valence-electron chi connectivity index (χ3n) is 2.93. The maximum atomic E-state index is 5.83. The van der Waals surface area contributed by atoms with Gasteiger partial charge in [-0.1, -0.05) is 18.9 Å². The van der Waals surface area contributed by atoms with Crippen molar-refractivity contribution in [2.45, 2.75) is 45.3 Å². The van der Waals surface area contributed by atoms with Gasteiger partial charge in [-0.05, 0) is 31.9 Å². The Morgan fingerprint density at radius 3 is 2.94 bits per heavy atom. The highest BCUT2D eigenvalue weighted by Crippen LogP contribution is 2.21. The third-order valence-corrected chi connectivity index (χ3v) is 2.93. The number of anilines is 1. The largest absolute Gasteiger partial charge is 0.372 e. The lowest BCUT2D eigenvalue weighted by Crippen LogP contribution is -2.08. The second kappa shape index (κ2) is 5.85. The number of hydrogen-bond donors (Lipinski definition) is 1. The highest BCUT2D eigenvalue weighted by molar-refractivity contribution is 5.34. The van der Waals surface area contributed by atoms with Crippen molar-refractivity contribution < 1.29 is 4.74 Å². The van der Waals surface area contributed by atoms with Crippen LogP contribution in [-0.2, 0) is 11.3 Å². The smallest absolute Gasteiger partial charge is 0.126 e. The molecular formula is C13H20N2O. The predicted octanol–water partition coefficient (Wildman–Crippen LogP) is 2.97. The lowest BCUT2D eigenvalue weighted by atomic mass is 10.3. The van der Waals surface area contributed by atoms with E-state index in [4.69, 9.17) is 4.74 Å². The summed E-state index contributed by atoms with van der Waals surface area (Å²) in [6, 6.07) is 6.04. The van der Waals surface area contributed by atoms with Crippen molar-refractivity contribution in [1.82, 2.24) is 4.98 Å². The number of hydrogen-bond acceptors (Lipinski definition) is 3. The van der Waals surface area contributed by atoms with E-state index in [-0.39, 0.29) is 0 Å². The average Bonchev–Trinajstić information content (AvgIpc) is 2.80. The summed E-state index contributed by atoms with van der Waals surface area (Å²) >= 11 is 0. The molecule has 0 saturated heterocycles. The number of nitrogens with one attached hydrogen (secondary N) is 1. The molecule has 1 aromatic rings. The normalized spacial score (nSPS) is 16.6. The molecule has 1 aromatic heterocycles. The monoisotopic (exact) mass is 220 g/mol. The molecule has 3 heteroatoms. The summed E-state index contributed by atoms with van der Waals surface area (Å²) in [4.78, 5) is 4.49. The lowest BCUT2D eigenvalue weighted by molar-refractivity contribution is 0.0438. The van der Waals surface area contributed by atoms with Gasteiger partial charge in [0.2, 0.25) is 0 Å². The molecule has 0 amide bonds. The maximum absolute atomic E-state index is 5.83. The minimum Gasteiger partial charge on any atom is -0.372 e. The van der Waals surface area contributed by atoms with Gasteiger partial charge in [0, 0.05) is 6.54 Å². The zero-order valence-electron chi connectivity index (χ0n) is 9.91. The van der Waals surface area contributed by atoms with Gasteiger partial charge in [0.05, 0.1) is 18.4 Å². The topological polar surface area (TPSA) is 34.1 Å². The Bertz CT molecular complexity index is 321. The molecule has 16 heavy (non-hydrogen) atoms. The van der Waals surface area contributed by atoms with E-state index in [0.717, 1.165) is 18.1 Å². The zero-order valence-corrected chi connectivity index (χ0v) is 9.91. The fourth-order valence-corrected chi connectivity index (χ4v) is 2.10. The minimum atomic E-state index is 0.463. The molecule has 0 atom stereocenters. The molecule has 1 saturated carbocycles. The van der Waals surface area contributed by atoms with Gasteiger partial charge in [0.1, 0.15) is 5.82 Å². The van der Waals surface area contributed by atoms with Crippen LogP contribution in [0.15, 0.2) is 18.2 Å². The molecule has 88 valence electrons. The first kappa shape index (κ1) is 11.4. The van der Waals surface area contributed by atoms with E-state index in [0.29, 0.717) is 12.7 Å². The fourth-order valence-electron chi connectivity index (χ4n) is 2.10. The molecule has 1 aliphatic rings. The number of aromatic nitrogens is 1. The summed E-state index contributed by atoms with van der Waals surface area (Å²) in [5.74, 6) is 0.940. The van der Waals surface area contributed by atoms with Gasteiger partial charge in [-0.25, -0.2) is 4.98 Å². The van der Waals surface area contributed by atoms with Crippen LogP contribution >= 0.6 is 0 Å². The van der Waals surface area contributed by atoms with Crippen LogP contribution in [0, 0.1) is 0 Å². The maximum Gasteiger partial charge on any atom is 0.126 e. The first-order valence-electron chi connectivity index (χ1n) is 6.20. The Kier molecular flexibility index (Phi) is 4.17. The van der Waals surface area contributed by atoms with Gasteiger partial charge in [-0.2, -0.15) is 0 Å². The van der Waals surface area contributed by atoms with Crippen molar-refractivity contribution in [2.24, 2.45) is 0 Å². The van der Waals surface area contributed by atoms with Crippen LogP contribution in [0.1, 0.15) is 38.3 Å². The average molecular weight is 220 g/mol. The SMILES string of the molecule is CCNc1cccc(COC2CCCC2)n1. The summed E-state index contributed by atoms with van der Waals surface area (Å²) in [7, 11) is 0. The van der Waals surface area contributed by atoms with E-state index in [1.54, 1.807) is 0 Å². The Morgan fingerprint density at radius 1 is 1.38 bits per heavy atom. The number of rotatable bonds is 5. The standard InChI is InChI=1S/C13H20N2O/c1-2-14-13-9-5-6-11(15-13)10-16-12-7-3-4-8-12/h5-6,9,12H,2-4,7-8,10H2,1H3,(H,14,15). The predicted molar refractivity (Wildman–Crippen MR) is 65.4 cm³/mol. The van der Waals surface area contributed by atoms with Crippen molar-refractivity contribution >= 4 is 5.82 Å². The van der Waals surface area contributed by atoms with Crippen LogP contribution in [0.25, 0.3) is 0 Å².